The van der Waals surface area contributed by atoms with Gasteiger partial charge < -0.3 is 4.90 Å². The van der Waals surface area contributed by atoms with Crippen LogP contribution in [0.4, 0.5) is 14.5 Å². The fourth-order valence-corrected chi connectivity index (χ4v) is 4.08. The molecule has 28 heavy (non-hydrogen) atoms. The monoisotopic (exact) mass is 377 g/mol. The number of anilines is 1. The van der Waals surface area contributed by atoms with Gasteiger partial charge in [0, 0.05) is 24.7 Å². The van der Waals surface area contributed by atoms with Gasteiger partial charge in [0.25, 0.3) is 5.92 Å². The minimum absolute atomic E-state index is 0.0757. The molecule has 0 radical (unpaired) electrons. The molecule has 3 aromatic rings. The van der Waals surface area contributed by atoms with E-state index in [2.05, 4.69) is 0 Å². The van der Waals surface area contributed by atoms with Crippen molar-refractivity contribution in [2.45, 2.75) is 24.7 Å². The molecule has 142 valence electrons. The van der Waals surface area contributed by atoms with Gasteiger partial charge in [0.2, 0.25) is 5.91 Å². The van der Waals surface area contributed by atoms with Gasteiger partial charge in [0.15, 0.2) is 0 Å². The normalized spacial score (nSPS) is 19.0. The Balaban J connectivity index is 1.65. The highest BCUT2D eigenvalue weighted by atomic mass is 19.3. The first-order valence-electron chi connectivity index (χ1n) is 9.24. The van der Waals surface area contributed by atoms with Crippen molar-refractivity contribution >= 4 is 11.6 Å². The maximum atomic E-state index is 15.2. The van der Waals surface area contributed by atoms with Crippen molar-refractivity contribution in [1.29, 1.82) is 0 Å². The topological polar surface area (TPSA) is 20.3 Å². The Kier molecular flexibility index (Phi) is 4.30. The van der Waals surface area contributed by atoms with Crippen LogP contribution in [0.1, 0.15) is 24.5 Å². The predicted octanol–water partition coefficient (Wildman–Crippen LogP) is 5.77. The van der Waals surface area contributed by atoms with E-state index < -0.39 is 17.8 Å². The van der Waals surface area contributed by atoms with Crippen LogP contribution in [-0.4, -0.2) is 13.0 Å². The molecular formula is C24H21F2NO. The maximum Gasteiger partial charge on any atom is 0.274 e. The minimum Gasteiger partial charge on any atom is -0.314 e. The Labute approximate surface area is 163 Å². The Morgan fingerprint density at radius 3 is 2.11 bits per heavy atom. The molecule has 3 aromatic carbocycles. The Bertz CT molecular complexity index is 1010. The van der Waals surface area contributed by atoms with Crippen LogP contribution in [-0.2, 0) is 16.1 Å². The summed E-state index contributed by atoms with van der Waals surface area (Å²) in [5, 5.41) is 0. The number of carbonyl (C=O) groups excluding carboxylic acids is 1. The number of hydrogen-bond acceptors (Lipinski definition) is 1. The number of fused-ring (bicyclic) bond motifs is 1. The summed E-state index contributed by atoms with van der Waals surface area (Å²) in [5.74, 6) is -3.42. The number of alkyl halides is 2. The van der Waals surface area contributed by atoms with E-state index in [0.29, 0.717) is 11.3 Å². The van der Waals surface area contributed by atoms with Crippen molar-refractivity contribution in [2.24, 2.45) is 0 Å². The summed E-state index contributed by atoms with van der Waals surface area (Å²) < 4.78 is 30.4. The van der Waals surface area contributed by atoms with E-state index in [1.807, 2.05) is 36.4 Å². The Morgan fingerprint density at radius 2 is 1.43 bits per heavy atom. The lowest BCUT2D eigenvalue weighted by atomic mass is 9.77. The highest BCUT2D eigenvalue weighted by Gasteiger charge is 2.52. The summed E-state index contributed by atoms with van der Waals surface area (Å²) in [6, 6.07) is 23.1. The molecule has 1 unspecified atom stereocenters. The van der Waals surface area contributed by atoms with Gasteiger partial charge in [-0.25, -0.2) is 8.78 Å². The van der Waals surface area contributed by atoms with Crippen molar-refractivity contribution < 1.29 is 13.6 Å². The maximum absolute atomic E-state index is 15.2. The number of carbonyl (C=O) groups is 1. The van der Waals surface area contributed by atoms with Crippen LogP contribution in [0, 0.1) is 0 Å². The average Bonchev–Trinajstić information content (AvgIpc) is 2.90. The number of para-hydroxylation sites is 1. The SMILES string of the molecule is CN1C(=O)C(C)(CC(F)(F)c2ccc(-c3ccccc3)cc2)c2ccccc21. The molecule has 0 bridgehead atoms. The Morgan fingerprint density at radius 1 is 0.857 bits per heavy atom. The van der Waals surface area contributed by atoms with E-state index in [1.54, 1.807) is 44.3 Å². The highest BCUT2D eigenvalue weighted by molar-refractivity contribution is 6.07. The van der Waals surface area contributed by atoms with Gasteiger partial charge in [-0.15, -0.1) is 0 Å². The number of nitrogens with zero attached hydrogens (tertiary/aromatic N) is 1. The molecule has 0 aliphatic carbocycles. The molecule has 1 aliphatic rings. The first-order chi connectivity index (χ1) is 13.3. The molecule has 4 rings (SSSR count). The largest absolute Gasteiger partial charge is 0.314 e. The van der Waals surface area contributed by atoms with Crippen LogP contribution in [0.25, 0.3) is 11.1 Å². The fourth-order valence-electron chi connectivity index (χ4n) is 4.08. The average molecular weight is 377 g/mol. The second-order valence-electron chi connectivity index (χ2n) is 7.54. The van der Waals surface area contributed by atoms with E-state index in [0.717, 1.165) is 11.1 Å². The molecule has 1 heterocycles. The molecule has 1 amide bonds. The molecule has 0 spiro atoms. The predicted molar refractivity (Wildman–Crippen MR) is 108 cm³/mol. The van der Waals surface area contributed by atoms with E-state index in [-0.39, 0.29) is 11.5 Å². The molecule has 2 nitrogen and oxygen atoms in total. The molecule has 1 atom stereocenters. The summed E-state index contributed by atoms with van der Waals surface area (Å²) >= 11 is 0. The number of benzene rings is 3. The zero-order valence-corrected chi connectivity index (χ0v) is 15.8. The summed E-state index contributed by atoms with van der Waals surface area (Å²) in [6.07, 6.45) is -0.565. The lowest BCUT2D eigenvalue weighted by molar-refractivity contribution is -0.126. The van der Waals surface area contributed by atoms with Gasteiger partial charge in [0.05, 0.1) is 5.41 Å². The van der Waals surface area contributed by atoms with Gasteiger partial charge in [-0.3, -0.25) is 4.79 Å². The van der Waals surface area contributed by atoms with Crippen LogP contribution >= 0.6 is 0 Å². The van der Waals surface area contributed by atoms with Gasteiger partial charge >= 0.3 is 0 Å². The third kappa shape index (κ3) is 2.89. The lowest BCUT2D eigenvalue weighted by Crippen LogP contribution is -2.40. The number of halogens is 2. The van der Waals surface area contributed by atoms with E-state index in [4.69, 9.17) is 0 Å². The molecule has 0 aromatic heterocycles. The van der Waals surface area contributed by atoms with Gasteiger partial charge in [-0.1, -0.05) is 72.8 Å². The standard InChI is InChI=1S/C24H21F2NO/c1-23(20-10-6-7-11-21(20)27(2)22(23)28)16-24(25,26)19-14-12-18(13-15-19)17-8-4-3-5-9-17/h3-15H,16H2,1-2H3. The summed E-state index contributed by atoms with van der Waals surface area (Å²) in [6.45, 7) is 1.61. The number of rotatable bonds is 4. The van der Waals surface area contributed by atoms with Gasteiger partial charge in [-0.2, -0.15) is 0 Å². The third-order valence-electron chi connectivity index (χ3n) is 5.63. The fraction of sp³-hybridized carbons (Fsp3) is 0.208. The Hall–Kier alpha value is -3.01. The number of likely N-dealkylation sites (N-methyl/N-ethyl adjacent to an activating group) is 1. The zero-order chi connectivity index (χ0) is 19.9. The van der Waals surface area contributed by atoms with Crippen LogP contribution in [0.2, 0.25) is 0 Å². The quantitative estimate of drug-likeness (QED) is 0.565. The lowest BCUT2D eigenvalue weighted by Gasteiger charge is -2.29. The molecule has 0 saturated carbocycles. The van der Waals surface area contributed by atoms with Crippen molar-refractivity contribution in [3.63, 3.8) is 0 Å². The van der Waals surface area contributed by atoms with Crippen molar-refractivity contribution in [1.82, 2.24) is 0 Å². The first-order valence-corrected chi connectivity index (χ1v) is 9.24. The van der Waals surface area contributed by atoms with Gasteiger partial charge in [0.1, 0.15) is 0 Å². The van der Waals surface area contributed by atoms with E-state index in [1.165, 1.54) is 17.0 Å². The van der Waals surface area contributed by atoms with Crippen LogP contribution in [0.15, 0.2) is 78.9 Å². The number of amides is 1. The van der Waals surface area contributed by atoms with Gasteiger partial charge in [-0.05, 0) is 29.7 Å². The smallest absolute Gasteiger partial charge is 0.274 e. The number of hydrogen-bond donors (Lipinski definition) is 0. The second-order valence-corrected chi connectivity index (χ2v) is 7.54. The van der Waals surface area contributed by atoms with Crippen molar-refractivity contribution in [3.05, 3.63) is 90.0 Å². The third-order valence-corrected chi connectivity index (χ3v) is 5.63. The van der Waals surface area contributed by atoms with E-state index in [9.17, 15) is 4.79 Å². The van der Waals surface area contributed by atoms with Crippen molar-refractivity contribution in [3.8, 4) is 11.1 Å². The highest BCUT2D eigenvalue weighted by Crippen LogP contribution is 2.49. The molecular weight excluding hydrogens is 356 g/mol. The molecule has 0 fully saturated rings. The van der Waals surface area contributed by atoms with E-state index >= 15 is 8.78 Å². The summed E-state index contributed by atoms with van der Waals surface area (Å²) in [4.78, 5) is 14.3. The second kappa shape index (κ2) is 6.55. The minimum atomic E-state index is -3.13. The van der Waals surface area contributed by atoms with Crippen LogP contribution < -0.4 is 4.90 Å². The molecule has 0 N–H and O–H groups in total. The summed E-state index contributed by atoms with van der Waals surface area (Å²) in [7, 11) is 1.64. The zero-order valence-electron chi connectivity index (χ0n) is 15.8. The van der Waals surface area contributed by atoms with Crippen LogP contribution in [0.5, 0.6) is 0 Å². The molecule has 4 heteroatoms. The van der Waals surface area contributed by atoms with Crippen molar-refractivity contribution in [2.75, 3.05) is 11.9 Å². The van der Waals surface area contributed by atoms with Crippen LogP contribution in [0.3, 0.4) is 0 Å². The first kappa shape index (κ1) is 18.4. The molecule has 1 aliphatic heterocycles. The summed E-state index contributed by atoms with van der Waals surface area (Å²) in [5.41, 5.74) is 1.88. The molecule has 0 saturated heterocycles.